The van der Waals surface area contributed by atoms with E-state index in [1.807, 2.05) is 6.92 Å². The third-order valence-corrected chi connectivity index (χ3v) is 3.15. The molecule has 100 valence electrons. The van der Waals surface area contributed by atoms with E-state index in [2.05, 4.69) is 4.99 Å². The number of benzene rings is 1. The number of aliphatic hydroxyl groups excluding tert-OH is 1. The molecule has 19 heavy (non-hydrogen) atoms. The van der Waals surface area contributed by atoms with E-state index in [1.54, 1.807) is 12.1 Å². The molecule has 0 saturated heterocycles. The number of ketones is 1. The first-order chi connectivity index (χ1) is 9.11. The second-order valence-electron chi connectivity index (χ2n) is 4.49. The van der Waals surface area contributed by atoms with Gasteiger partial charge in [0.2, 0.25) is 0 Å². The van der Waals surface area contributed by atoms with Crippen LogP contribution in [0.15, 0.2) is 40.6 Å². The lowest BCUT2D eigenvalue weighted by Gasteiger charge is -2.05. The Balaban J connectivity index is 2.18. The zero-order valence-corrected chi connectivity index (χ0v) is 10.8. The van der Waals surface area contributed by atoms with Crippen molar-refractivity contribution >= 4 is 11.5 Å². The fourth-order valence-electron chi connectivity index (χ4n) is 2.11. The Morgan fingerprint density at radius 3 is 2.53 bits per heavy atom. The highest BCUT2D eigenvalue weighted by molar-refractivity contribution is 6.23. The van der Waals surface area contributed by atoms with Gasteiger partial charge in [0.05, 0.1) is 12.1 Å². The van der Waals surface area contributed by atoms with Crippen molar-refractivity contribution in [3.8, 4) is 0 Å². The largest absolute Gasteiger partial charge is 0.511 e. The zero-order valence-electron chi connectivity index (χ0n) is 10.8. The standard InChI is InChI=1S/C15H16FNO2/c1-2-12(15-13(18)7-8-14(15)19)17-9-10-3-5-11(16)6-4-10/h3-6,18H,2,7-9H2,1H3. The molecule has 0 bridgehead atoms. The van der Waals surface area contributed by atoms with Gasteiger partial charge >= 0.3 is 0 Å². The van der Waals surface area contributed by atoms with Crippen LogP contribution in [0.4, 0.5) is 4.39 Å². The Labute approximate surface area is 111 Å². The minimum atomic E-state index is -0.283. The number of hydrogen-bond donors (Lipinski definition) is 1. The summed E-state index contributed by atoms with van der Waals surface area (Å²) in [6, 6.07) is 6.09. The van der Waals surface area contributed by atoms with Crippen LogP contribution >= 0.6 is 0 Å². The van der Waals surface area contributed by atoms with Crippen molar-refractivity contribution in [2.75, 3.05) is 0 Å². The summed E-state index contributed by atoms with van der Waals surface area (Å²) < 4.78 is 12.8. The van der Waals surface area contributed by atoms with Gasteiger partial charge in [-0.3, -0.25) is 9.79 Å². The Bertz CT molecular complexity index is 544. The predicted octanol–water partition coefficient (Wildman–Crippen LogP) is 3.35. The lowest BCUT2D eigenvalue weighted by Crippen LogP contribution is -2.10. The van der Waals surface area contributed by atoms with Crippen molar-refractivity contribution in [3.63, 3.8) is 0 Å². The van der Waals surface area contributed by atoms with E-state index < -0.39 is 0 Å². The molecular formula is C15H16FNO2. The normalized spacial score (nSPS) is 16.3. The van der Waals surface area contributed by atoms with Crippen LogP contribution in [-0.4, -0.2) is 16.6 Å². The zero-order chi connectivity index (χ0) is 13.8. The van der Waals surface area contributed by atoms with Gasteiger partial charge in [0.25, 0.3) is 0 Å². The number of Topliss-reactive ketones (excluding diaryl/α,β-unsaturated/α-hetero) is 1. The van der Waals surface area contributed by atoms with Crippen LogP contribution < -0.4 is 0 Å². The number of halogens is 1. The van der Waals surface area contributed by atoms with Gasteiger partial charge in [-0.2, -0.15) is 0 Å². The van der Waals surface area contributed by atoms with Crippen molar-refractivity contribution in [2.24, 2.45) is 4.99 Å². The van der Waals surface area contributed by atoms with E-state index in [-0.39, 0.29) is 17.4 Å². The highest BCUT2D eigenvalue weighted by Crippen LogP contribution is 2.23. The Hall–Kier alpha value is -1.97. The first-order valence-electron chi connectivity index (χ1n) is 6.35. The highest BCUT2D eigenvalue weighted by atomic mass is 19.1. The quantitative estimate of drug-likeness (QED) is 0.845. The van der Waals surface area contributed by atoms with Gasteiger partial charge in [0, 0.05) is 18.6 Å². The van der Waals surface area contributed by atoms with Crippen LogP contribution in [0, 0.1) is 5.82 Å². The van der Waals surface area contributed by atoms with E-state index in [4.69, 9.17) is 0 Å². The van der Waals surface area contributed by atoms with E-state index in [0.29, 0.717) is 37.1 Å². The van der Waals surface area contributed by atoms with Crippen molar-refractivity contribution in [1.29, 1.82) is 0 Å². The van der Waals surface area contributed by atoms with E-state index in [1.165, 1.54) is 12.1 Å². The smallest absolute Gasteiger partial charge is 0.168 e. The van der Waals surface area contributed by atoms with Crippen LogP contribution in [-0.2, 0) is 11.3 Å². The number of nitrogens with zero attached hydrogens (tertiary/aromatic N) is 1. The van der Waals surface area contributed by atoms with Crippen molar-refractivity contribution in [3.05, 3.63) is 47.0 Å². The maximum absolute atomic E-state index is 12.8. The molecule has 0 atom stereocenters. The van der Waals surface area contributed by atoms with Gasteiger partial charge in [0.15, 0.2) is 5.78 Å². The molecular weight excluding hydrogens is 245 g/mol. The average Bonchev–Trinajstić information content (AvgIpc) is 2.73. The maximum Gasteiger partial charge on any atom is 0.168 e. The number of carbonyl (C=O) groups excluding carboxylic acids is 1. The van der Waals surface area contributed by atoms with Crippen molar-refractivity contribution < 1.29 is 14.3 Å². The summed E-state index contributed by atoms with van der Waals surface area (Å²) in [5.74, 6) is -0.184. The summed E-state index contributed by atoms with van der Waals surface area (Å²) in [6.07, 6.45) is 1.35. The van der Waals surface area contributed by atoms with Crippen LogP contribution in [0.3, 0.4) is 0 Å². The summed E-state index contributed by atoms with van der Waals surface area (Å²) in [5, 5.41) is 9.72. The monoisotopic (exact) mass is 261 g/mol. The first-order valence-corrected chi connectivity index (χ1v) is 6.35. The molecule has 0 unspecified atom stereocenters. The molecule has 2 rings (SSSR count). The average molecular weight is 261 g/mol. The maximum atomic E-state index is 12.8. The summed E-state index contributed by atoms with van der Waals surface area (Å²) in [7, 11) is 0. The lowest BCUT2D eigenvalue weighted by atomic mass is 10.1. The molecule has 0 aliphatic heterocycles. The van der Waals surface area contributed by atoms with Crippen LogP contribution in [0.1, 0.15) is 31.7 Å². The SMILES string of the molecule is CCC(=NCc1ccc(F)cc1)C1=C(O)CCC1=O. The van der Waals surface area contributed by atoms with E-state index in [0.717, 1.165) is 5.56 Å². The molecule has 0 heterocycles. The predicted molar refractivity (Wildman–Crippen MR) is 71.7 cm³/mol. The molecule has 0 saturated carbocycles. The molecule has 3 nitrogen and oxygen atoms in total. The Kier molecular flexibility index (Phi) is 4.10. The molecule has 0 aromatic heterocycles. The molecule has 0 amide bonds. The Morgan fingerprint density at radius 1 is 1.32 bits per heavy atom. The van der Waals surface area contributed by atoms with Crippen LogP contribution in [0.25, 0.3) is 0 Å². The number of carbonyl (C=O) groups is 1. The number of allylic oxidation sites excluding steroid dienone is 2. The minimum Gasteiger partial charge on any atom is -0.511 e. The molecule has 1 N–H and O–H groups in total. The Morgan fingerprint density at radius 2 is 2.00 bits per heavy atom. The fraction of sp³-hybridized carbons (Fsp3) is 0.333. The van der Waals surface area contributed by atoms with Crippen molar-refractivity contribution in [2.45, 2.75) is 32.7 Å². The molecule has 0 fully saturated rings. The highest BCUT2D eigenvalue weighted by Gasteiger charge is 2.25. The molecule has 0 spiro atoms. The third-order valence-electron chi connectivity index (χ3n) is 3.15. The van der Waals surface area contributed by atoms with Gasteiger partial charge in [-0.1, -0.05) is 19.1 Å². The van der Waals surface area contributed by atoms with E-state index >= 15 is 0 Å². The number of aliphatic hydroxyl groups is 1. The lowest BCUT2D eigenvalue weighted by molar-refractivity contribution is -0.114. The summed E-state index contributed by atoms with van der Waals surface area (Å²) in [5.41, 5.74) is 1.88. The number of aliphatic imine (C=N–C) groups is 1. The van der Waals surface area contributed by atoms with E-state index in [9.17, 15) is 14.3 Å². The molecule has 0 radical (unpaired) electrons. The van der Waals surface area contributed by atoms with Gasteiger partial charge < -0.3 is 5.11 Å². The number of hydrogen-bond acceptors (Lipinski definition) is 3. The van der Waals surface area contributed by atoms with Crippen LogP contribution in [0.2, 0.25) is 0 Å². The molecule has 1 aliphatic carbocycles. The first kappa shape index (κ1) is 13.5. The summed E-state index contributed by atoms with van der Waals surface area (Å²) >= 11 is 0. The minimum absolute atomic E-state index is 0.0443. The molecule has 4 heteroatoms. The summed E-state index contributed by atoms with van der Waals surface area (Å²) in [4.78, 5) is 16.1. The second kappa shape index (κ2) is 5.78. The number of rotatable bonds is 4. The third kappa shape index (κ3) is 3.08. The van der Waals surface area contributed by atoms with Gasteiger partial charge in [-0.25, -0.2) is 4.39 Å². The summed E-state index contributed by atoms with van der Waals surface area (Å²) in [6.45, 7) is 2.28. The van der Waals surface area contributed by atoms with Crippen molar-refractivity contribution in [1.82, 2.24) is 0 Å². The topological polar surface area (TPSA) is 49.7 Å². The second-order valence-corrected chi connectivity index (χ2v) is 4.49. The van der Waals surface area contributed by atoms with Crippen LogP contribution in [0.5, 0.6) is 0 Å². The fourth-order valence-corrected chi connectivity index (χ4v) is 2.11. The molecule has 1 aromatic carbocycles. The van der Waals surface area contributed by atoms with Gasteiger partial charge in [-0.15, -0.1) is 0 Å². The van der Waals surface area contributed by atoms with Gasteiger partial charge in [-0.05, 0) is 24.1 Å². The molecule has 1 aliphatic rings. The molecule has 1 aromatic rings. The van der Waals surface area contributed by atoms with Gasteiger partial charge in [0.1, 0.15) is 11.6 Å².